The summed E-state index contributed by atoms with van der Waals surface area (Å²) in [6.45, 7) is 9.53. The van der Waals surface area contributed by atoms with Crippen LogP contribution in [0.15, 0.2) is 0 Å². The Kier molecular flexibility index (Phi) is 3.91. The first-order chi connectivity index (χ1) is 7.63. The van der Waals surface area contributed by atoms with Gasteiger partial charge in [0, 0.05) is 13.1 Å². The number of hydrogen-bond acceptors (Lipinski definition) is 2. The van der Waals surface area contributed by atoms with Crippen molar-refractivity contribution >= 4 is 0 Å². The maximum atomic E-state index is 6.09. The summed E-state index contributed by atoms with van der Waals surface area (Å²) in [5, 5.41) is 0. The molecule has 1 heterocycles. The predicted octanol–water partition coefficient (Wildman–Crippen LogP) is 2.48. The van der Waals surface area contributed by atoms with Gasteiger partial charge in [-0.15, -0.1) is 0 Å². The van der Waals surface area contributed by atoms with Crippen molar-refractivity contribution in [2.24, 2.45) is 23.0 Å². The highest BCUT2D eigenvalue weighted by molar-refractivity contribution is 4.90. The van der Waals surface area contributed by atoms with Crippen molar-refractivity contribution in [3.63, 3.8) is 0 Å². The summed E-state index contributed by atoms with van der Waals surface area (Å²) in [5.41, 5.74) is 6.53. The van der Waals surface area contributed by atoms with E-state index in [0.717, 1.165) is 18.4 Å². The lowest BCUT2D eigenvalue weighted by atomic mass is 9.70. The van der Waals surface area contributed by atoms with E-state index in [-0.39, 0.29) is 0 Å². The first-order valence-corrected chi connectivity index (χ1v) is 7.06. The van der Waals surface area contributed by atoms with Gasteiger partial charge in [0.25, 0.3) is 0 Å². The summed E-state index contributed by atoms with van der Waals surface area (Å²) in [6, 6.07) is 0. The van der Waals surface area contributed by atoms with Crippen LogP contribution in [0, 0.1) is 17.3 Å². The molecular weight excluding hydrogens is 196 g/mol. The van der Waals surface area contributed by atoms with Gasteiger partial charge in [0.15, 0.2) is 0 Å². The normalized spacial score (nSPS) is 41.4. The fourth-order valence-corrected chi connectivity index (χ4v) is 3.81. The molecule has 2 fully saturated rings. The van der Waals surface area contributed by atoms with E-state index in [1.54, 1.807) is 0 Å². The molecule has 3 atom stereocenters. The molecule has 2 heteroatoms. The summed E-state index contributed by atoms with van der Waals surface area (Å²) in [6.07, 6.45) is 6.91. The van der Waals surface area contributed by atoms with Gasteiger partial charge in [-0.2, -0.15) is 0 Å². The van der Waals surface area contributed by atoms with Crippen molar-refractivity contribution < 1.29 is 0 Å². The average molecular weight is 224 g/mol. The van der Waals surface area contributed by atoms with Crippen molar-refractivity contribution in [3.05, 3.63) is 0 Å². The minimum atomic E-state index is 0.446. The Bertz CT molecular complexity index is 229. The van der Waals surface area contributed by atoms with Crippen LogP contribution in [0.5, 0.6) is 0 Å². The Morgan fingerprint density at radius 1 is 1.25 bits per heavy atom. The second kappa shape index (κ2) is 5.05. The third-order valence-corrected chi connectivity index (χ3v) is 4.69. The lowest BCUT2D eigenvalue weighted by Gasteiger charge is -2.41. The van der Waals surface area contributed by atoms with Gasteiger partial charge in [-0.3, -0.25) is 0 Å². The van der Waals surface area contributed by atoms with Gasteiger partial charge in [-0.05, 0) is 49.6 Å². The Labute approximate surface area is 101 Å². The molecule has 2 rings (SSSR count). The molecule has 0 bridgehead atoms. The summed E-state index contributed by atoms with van der Waals surface area (Å²) < 4.78 is 0. The minimum Gasteiger partial charge on any atom is -0.330 e. The fraction of sp³-hybridized carbons (Fsp3) is 1.00. The van der Waals surface area contributed by atoms with Crippen molar-refractivity contribution in [2.75, 3.05) is 26.2 Å². The van der Waals surface area contributed by atoms with E-state index in [1.165, 1.54) is 51.7 Å². The number of nitrogens with two attached hydrogens (primary N) is 1. The van der Waals surface area contributed by atoms with Gasteiger partial charge in [0.2, 0.25) is 0 Å². The van der Waals surface area contributed by atoms with Crippen LogP contribution in [0.4, 0.5) is 0 Å². The molecule has 2 nitrogen and oxygen atoms in total. The number of hydrogen-bond donors (Lipinski definition) is 1. The van der Waals surface area contributed by atoms with E-state index in [2.05, 4.69) is 18.7 Å². The molecule has 0 aromatic heterocycles. The highest BCUT2D eigenvalue weighted by atomic mass is 15.2. The topological polar surface area (TPSA) is 29.3 Å². The molecular formula is C14H28N2. The second-order valence-corrected chi connectivity index (χ2v) is 6.53. The van der Waals surface area contributed by atoms with Crippen LogP contribution in [0.3, 0.4) is 0 Å². The van der Waals surface area contributed by atoms with Crippen molar-refractivity contribution in [1.29, 1.82) is 0 Å². The zero-order valence-corrected chi connectivity index (χ0v) is 11.0. The van der Waals surface area contributed by atoms with Gasteiger partial charge in [0.05, 0.1) is 0 Å². The second-order valence-electron chi connectivity index (χ2n) is 6.53. The summed E-state index contributed by atoms with van der Waals surface area (Å²) in [4.78, 5) is 2.66. The van der Waals surface area contributed by atoms with Gasteiger partial charge in [-0.25, -0.2) is 0 Å². The maximum absolute atomic E-state index is 6.09. The van der Waals surface area contributed by atoms with Crippen molar-refractivity contribution in [1.82, 2.24) is 4.90 Å². The van der Waals surface area contributed by atoms with E-state index in [0.29, 0.717) is 5.41 Å². The van der Waals surface area contributed by atoms with Crippen LogP contribution in [-0.4, -0.2) is 31.1 Å². The largest absolute Gasteiger partial charge is 0.330 e. The molecule has 94 valence electrons. The molecule has 0 radical (unpaired) electrons. The highest BCUT2D eigenvalue weighted by Crippen LogP contribution is 2.39. The van der Waals surface area contributed by atoms with E-state index in [9.17, 15) is 0 Å². The van der Waals surface area contributed by atoms with Crippen molar-refractivity contribution in [3.8, 4) is 0 Å². The molecule has 2 N–H and O–H groups in total. The standard InChI is InChI=1S/C14H28N2/c1-12-4-3-6-14(8-12,10-15)11-16-7-5-13(2)9-16/h12-13H,3-11,15H2,1-2H3. The van der Waals surface area contributed by atoms with Crippen LogP contribution < -0.4 is 5.73 Å². The third kappa shape index (κ3) is 2.78. The van der Waals surface area contributed by atoms with Gasteiger partial charge in [0.1, 0.15) is 0 Å². The number of nitrogens with zero attached hydrogens (tertiary/aromatic N) is 1. The van der Waals surface area contributed by atoms with E-state index in [4.69, 9.17) is 5.73 Å². The molecule has 1 saturated carbocycles. The van der Waals surface area contributed by atoms with Crippen LogP contribution in [0.1, 0.15) is 46.0 Å². The number of likely N-dealkylation sites (tertiary alicyclic amines) is 1. The van der Waals surface area contributed by atoms with Crippen LogP contribution in [-0.2, 0) is 0 Å². The molecule has 0 spiro atoms. The quantitative estimate of drug-likeness (QED) is 0.798. The maximum Gasteiger partial charge on any atom is 0.00503 e. The zero-order chi connectivity index (χ0) is 11.6. The predicted molar refractivity (Wildman–Crippen MR) is 69.3 cm³/mol. The fourth-order valence-electron chi connectivity index (χ4n) is 3.81. The Morgan fingerprint density at radius 3 is 2.62 bits per heavy atom. The first kappa shape index (κ1) is 12.4. The molecule has 0 amide bonds. The number of rotatable bonds is 3. The molecule has 3 unspecified atom stereocenters. The Balaban J connectivity index is 1.93. The van der Waals surface area contributed by atoms with Crippen LogP contribution >= 0.6 is 0 Å². The Morgan fingerprint density at radius 2 is 2.06 bits per heavy atom. The average Bonchev–Trinajstić information content (AvgIpc) is 2.64. The van der Waals surface area contributed by atoms with E-state index >= 15 is 0 Å². The monoisotopic (exact) mass is 224 g/mol. The van der Waals surface area contributed by atoms with Crippen LogP contribution in [0.2, 0.25) is 0 Å². The first-order valence-electron chi connectivity index (χ1n) is 7.06. The van der Waals surface area contributed by atoms with Gasteiger partial charge >= 0.3 is 0 Å². The zero-order valence-electron chi connectivity index (χ0n) is 11.0. The highest BCUT2D eigenvalue weighted by Gasteiger charge is 2.36. The molecule has 0 aromatic rings. The smallest absolute Gasteiger partial charge is 0.00503 e. The van der Waals surface area contributed by atoms with Crippen LogP contribution in [0.25, 0.3) is 0 Å². The molecule has 1 aliphatic carbocycles. The molecule has 16 heavy (non-hydrogen) atoms. The van der Waals surface area contributed by atoms with Gasteiger partial charge in [-0.1, -0.05) is 26.7 Å². The third-order valence-electron chi connectivity index (χ3n) is 4.69. The summed E-state index contributed by atoms with van der Waals surface area (Å²) in [5.74, 6) is 1.79. The lowest BCUT2D eigenvalue weighted by molar-refractivity contribution is 0.0989. The van der Waals surface area contributed by atoms with E-state index in [1.807, 2.05) is 0 Å². The summed E-state index contributed by atoms with van der Waals surface area (Å²) >= 11 is 0. The van der Waals surface area contributed by atoms with E-state index < -0.39 is 0 Å². The summed E-state index contributed by atoms with van der Waals surface area (Å²) in [7, 11) is 0. The molecule has 1 saturated heterocycles. The van der Waals surface area contributed by atoms with Gasteiger partial charge < -0.3 is 10.6 Å². The Hall–Kier alpha value is -0.0800. The lowest BCUT2D eigenvalue weighted by Crippen LogP contribution is -2.44. The molecule has 0 aromatic carbocycles. The minimum absolute atomic E-state index is 0.446. The molecule has 2 aliphatic rings. The van der Waals surface area contributed by atoms with Crippen molar-refractivity contribution in [2.45, 2.75) is 46.0 Å². The molecule has 1 aliphatic heterocycles. The SMILES string of the molecule is CC1CCN(CC2(CN)CCCC(C)C2)C1.